The number of benzene rings is 1. The summed E-state index contributed by atoms with van der Waals surface area (Å²) in [6.07, 6.45) is 4.93. The van der Waals surface area contributed by atoms with Crippen LogP contribution in [-0.4, -0.2) is 49.1 Å². The molecule has 1 fully saturated rings. The molecule has 0 unspecified atom stereocenters. The van der Waals surface area contributed by atoms with Crippen LogP contribution < -0.4 is 10.6 Å². The Labute approximate surface area is 190 Å². The largest absolute Gasteiger partial charge is 0.356 e. The van der Waals surface area contributed by atoms with Crippen LogP contribution in [0.15, 0.2) is 53.7 Å². The lowest BCUT2D eigenvalue weighted by molar-refractivity contribution is 0.176. The maximum atomic E-state index is 13.8. The minimum atomic E-state index is -0.105. The van der Waals surface area contributed by atoms with E-state index in [4.69, 9.17) is 0 Å². The molecule has 2 heterocycles. The second-order valence-electron chi connectivity index (χ2n) is 7.26. The predicted molar refractivity (Wildman–Crippen MR) is 127 cm³/mol. The van der Waals surface area contributed by atoms with E-state index in [0.29, 0.717) is 12.5 Å². The Bertz CT molecular complexity index is 748. The highest BCUT2D eigenvalue weighted by atomic mass is 127. The molecule has 0 saturated carbocycles. The number of halogens is 2. The van der Waals surface area contributed by atoms with E-state index in [1.807, 2.05) is 36.5 Å². The normalized spacial score (nSPS) is 15.6. The first-order valence-electron chi connectivity index (χ1n) is 10.0. The Morgan fingerprint density at radius 1 is 1.14 bits per heavy atom. The van der Waals surface area contributed by atoms with Gasteiger partial charge in [0.25, 0.3) is 0 Å². The summed E-state index contributed by atoms with van der Waals surface area (Å²) in [6, 6.07) is 13.0. The zero-order valence-electron chi connectivity index (χ0n) is 17.0. The maximum absolute atomic E-state index is 13.8. The smallest absolute Gasteiger partial charge is 0.190 e. The monoisotopic (exact) mass is 511 g/mol. The number of pyridine rings is 1. The van der Waals surface area contributed by atoms with Crippen LogP contribution in [-0.2, 0) is 13.0 Å². The van der Waals surface area contributed by atoms with Gasteiger partial charge in [-0.3, -0.25) is 14.9 Å². The fourth-order valence-electron chi connectivity index (χ4n) is 3.53. The number of aliphatic imine (C=N–C) groups is 1. The van der Waals surface area contributed by atoms with Gasteiger partial charge >= 0.3 is 0 Å². The minimum Gasteiger partial charge on any atom is -0.356 e. The van der Waals surface area contributed by atoms with Gasteiger partial charge in [0.1, 0.15) is 5.82 Å². The summed E-state index contributed by atoms with van der Waals surface area (Å²) in [6.45, 7) is 4.43. The molecule has 0 spiro atoms. The van der Waals surface area contributed by atoms with Gasteiger partial charge in [0.2, 0.25) is 0 Å². The van der Waals surface area contributed by atoms with Gasteiger partial charge < -0.3 is 10.6 Å². The van der Waals surface area contributed by atoms with Gasteiger partial charge in [-0.25, -0.2) is 4.39 Å². The molecule has 1 aliphatic rings. The lowest BCUT2D eigenvalue weighted by atomic mass is 9.96. The second kappa shape index (κ2) is 12.7. The Morgan fingerprint density at radius 2 is 1.90 bits per heavy atom. The van der Waals surface area contributed by atoms with E-state index in [-0.39, 0.29) is 29.8 Å². The van der Waals surface area contributed by atoms with Gasteiger partial charge in [-0.05, 0) is 50.0 Å². The van der Waals surface area contributed by atoms with Crippen molar-refractivity contribution >= 4 is 29.9 Å². The zero-order valence-corrected chi connectivity index (χ0v) is 19.3. The lowest BCUT2D eigenvalue weighted by Gasteiger charge is -2.32. The first-order chi connectivity index (χ1) is 13.7. The molecule has 7 heteroatoms. The molecule has 2 aromatic rings. The van der Waals surface area contributed by atoms with Crippen LogP contribution in [0.5, 0.6) is 0 Å². The van der Waals surface area contributed by atoms with Crippen LogP contribution in [0.4, 0.5) is 4.39 Å². The van der Waals surface area contributed by atoms with Crippen LogP contribution in [0.3, 0.4) is 0 Å². The van der Waals surface area contributed by atoms with Crippen LogP contribution >= 0.6 is 24.0 Å². The molecule has 0 bridgehead atoms. The molecule has 0 amide bonds. The minimum absolute atomic E-state index is 0. The van der Waals surface area contributed by atoms with Crippen molar-refractivity contribution in [3.05, 3.63) is 65.7 Å². The summed E-state index contributed by atoms with van der Waals surface area (Å²) in [4.78, 5) is 11.0. The van der Waals surface area contributed by atoms with E-state index in [1.165, 1.54) is 0 Å². The van der Waals surface area contributed by atoms with Crippen molar-refractivity contribution < 1.29 is 4.39 Å². The number of guanidine groups is 1. The van der Waals surface area contributed by atoms with Crippen molar-refractivity contribution in [2.24, 2.45) is 10.9 Å². The van der Waals surface area contributed by atoms with Gasteiger partial charge in [-0.1, -0.05) is 24.3 Å². The second-order valence-corrected chi connectivity index (χ2v) is 7.26. The number of nitrogens with zero attached hydrogens (tertiary/aromatic N) is 3. The van der Waals surface area contributed by atoms with Gasteiger partial charge in [0.15, 0.2) is 5.96 Å². The molecule has 0 atom stereocenters. The summed E-state index contributed by atoms with van der Waals surface area (Å²) in [7, 11) is 1.80. The van der Waals surface area contributed by atoms with E-state index >= 15 is 0 Å². The predicted octanol–water partition coefficient (Wildman–Crippen LogP) is 3.46. The third-order valence-corrected chi connectivity index (χ3v) is 5.24. The molecule has 2 N–H and O–H groups in total. The molecular weight excluding hydrogens is 480 g/mol. The number of nitrogens with one attached hydrogen (secondary N) is 2. The average molecular weight is 511 g/mol. The first-order valence-corrected chi connectivity index (χ1v) is 10.0. The van der Waals surface area contributed by atoms with E-state index < -0.39 is 0 Å². The highest BCUT2D eigenvalue weighted by Gasteiger charge is 2.20. The third-order valence-electron chi connectivity index (χ3n) is 5.24. The van der Waals surface area contributed by atoms with Crippen molar-refractivity contribution in [1.82, 2.24) is 20.5 Å². The highest BCUT2D eigenvalue weighted by Crippen LogP contribution is 2.19. The fraction of sp³-hybridized carbons (Fsp3) is 0.455. The summed E-state index contributed by atoms with van der Waals surface area (Å²) in [5, 5.41) is 6.79. The van der Waals surface area contributed by atoms with E-state index in [1.54, 1.807) is 19.2 Å². The van der Waals surface area contributed by atoms with Gasteiger partial charge in [-0.15, -0.1) is 24.0 Å². The number of piperidine rings is 1. The van der Waals surface area contributed by atoms with Crippen molar-refractivity contribution in [3.63, 3.8) is 0 Å². The molecular formula is C22H31FIN5. The number of aromatic nitrogens is 1. The Morgan fingerprint density at radius 3 is 2.59 bits per heavy atom. The van der Waals surface area contributed by atoms with Crippen LogP contribution in [0.1, 0.15) is 24.1 Å². The SMILES string of the molecule is CN=C(NCCc1ccccn1)NCC1CCN(Cc2ccccc2F)CC1.I. The molecule has 1 aromatic heterocycles. The van der Waals surface area contributed by atoms with Crippen molar-refractivity contribution in [2.45, 2.75) is 25.8 Å². The Kier molecular flexibility index (Phi) is 10.3. The standard InChI is InChI=1S/C22H30FN5.HI/c1-24-22(26-13-9-20-7-4-5-12-25-20)27-16-18-10-14-28(15-11-18)17-19-6-2-3-8-21(19)23;/h2-8,12,18H,9-11,13-17H2,1H3,(H2,24,26,27);1H. The molecule has 1 saturated heterocycles. The number of hydrogen-bond donors (Lipinski definition) is 2. The van der Waals surface area contributed by atoms with Crippen molar-refractivity contribution in [1.29, 1.82) is 0 Å². The zero-order chi connectivity index (χ0) is 19.6. The number of likely N-dealkylation sites (tertiary alicyclic amines) is 1. The Balaban J connectivity index is 0.00000300. The van der Waals surface area contributed by atoms with Crippen LogP contribution in [0.25, 0.3) is 0 Å². The van der Waals surface area contributed by atoms with E-state index in [2.05, 4.69) is 25.5 Å². The van der Waals surface area contributed by atoms with E-state index in [0.717, 1.165) is 62.7 Å². The van der Waals surface area contributed by atoms with Gasteiger partial charge in [-0.2, -0.15) is 0 Å². The fourth-order valence-corrected chi connectivity index (χ4v) is 3.53. The molecule has 0 radical (unpaired) electrons. The number of rotatable bonds is 7. The van der Waals surface area contributed by atoms with Gasteiger partial charge in [0.05, 0.1) is 0 Å². The summed E-state index contributed by atoms with van der Waals surface area (Å²) >= 11 is 0. The molecule has 158 valence electrons. The van der Waals surface area contributed by atoms with Crippen molar-refractivity contribution in [3.8, 4) is 0 Å². The molecule has 5 nitrogen and oxygen atoms in total. The van der Waals surface area contributed by atoms with Crippen molar-refractivity contribution in [2.75, 3.05) is 33.2 Å². The molecule has 1 aliphatic heterocycles. The average Bonchev–Trinajstić information content (AvgIpc) is 2.74. The topological polar surface area (TPSA) is 52.6 Å². The van der Waals surface area contributed by atoms with Crippen LogP contribution in [0.2, 0.25) is 0 Å². The molecule has 0 aliphatic carbocycles. The molecule has 3 rings (SSSR count). The molecule has 1 aromatic carbocycles. The first kappa shape index (κ1) is 23.5. The number of hydrogen-bond acceptors (Lipinski definition) is 3. The quantitative estimate of drug-likeness (QED) is 0.340. The summed E-state index contributed by atoms with van der Waals surface area (Å²) < 4.78 is 13.8. The Hall–Kier alpha value is -1.74. The lowest BCUT2D eigenvalue weighted by Crippen LogP contribution is -2.43. The summed E-state index contributed by atoms with van der Waals surface area (Å²) in [5.41, 5.74) is 1.87. The highest BCUT2D eigenvalue weighted by molar-refractivity contribution is 14.0. The summed E-state index contributed by atoms with van der Waals surface area (Å²) in [5.74, 6) is 1.35. The van der Waals surface area contributed by atoms with Gasteiger partial charge in [0, 0.05) is 50.6 Å². The molecule has 29 heavy (non-hydrogen) atoms. The van der Waals surface area contributed by atoms with Crippen LogP contribution in [0, 0.1) is 11.7 Å². The third kappa shape index (κ3) is 7.89. The maximum Gasteiger partial charge on any atom is 0.190 e. The van der Waals surface area contributed by atoms with E-state index in [9.17, 15) is 4.39 Å².